The molecule has 5 aliphatic carbocycles. The van der Waals surface area contributed by atoms with Crippen molar-refractivity contribution in [2.24, 2.45) is 50.2 Å². The van der Waals surface area contributed by atoms with Gasteiger partial charge in [0.2, 0.25) is 0 Å². The zero-order chi connectivity index (χ0) is 24.4. The Morgan fingerprint density at radius 2 is 1.52 bits per heavy atom. The molecule has 0 aromatic heterocycles. The molecule has 3 heteroatoms. The van der Waals surface area contributed by atoms with Gasteiger partial charge in [-0.3, -0.25) is 9.59 Å². The minimum atomic E-state index is -0.387. The van der Waals surface area contributed by atoms with Crippen LogP contribution in [0.5, 0.6) is 0 Å². The Balaban J connectivity index is 1.68. The predicted octanol–water partition coefficient (Wildman–Crippen LogP) is 8.09. The number of hydrogen-bond donors (Lipinski definition) is 0. The fourth-order valence-electron chi connectivity index (χ4n) is 9.73. The SMILES string of the molecule is CC1(C)CC[C@]2(C)CC[C@]3(C)C(C(=O)C=C4[C@@]5(C)C=C(I)C(=O)C(C)(C)[C@@H]5CC[C@]43C)C2C1. The fraction of sp³-hybridized carbons (Fsp3) is 0.800. The van der Waals surface area contributed by atoms with E-state index >= 15 is 0 Å². The van der Waals surface area contributed by atoms with Crippen molar-refractivity contribution in [3.63, 3.8) is 0 Å². The van der Waals surface area contributed by atoms with E-state index in [0.717, 1.165) is 22.8 Å². The van der Waals surface area contributed by atoms with Crippen molar-refractivity contribution < 1.29 is 9.59 Å². The Morgan fingerprint density at radius 1 is 0.879 bits per heavy atom. The first kappa shape index (κ1) is 24.3. The van der Waals surface area contributed by atoms with Crippen LogP contribution in [0.2, 0.25) is 0 Å². The maximum atomic E-state index is 14.2. The highest BCUT2D eigenvalue weighted by molar-refractivity contribution is 14.1. The number of allylic oxidation sites excluding steroid dienone is 4. The van der Waals surface area contributed by atoms with Crippen molar-refractivity contribution in [3.8, 4) is 0 Å². The van der Waals surface area contributed by atoms with Crippen LogP contribution < -0.4 is 0 Å². The first-order valence-electron chi connectivity index (χ1n) is 13.2. The number of fused-ring (bicyclic) bond motifs is 7. The molecule has 0 aromatic carbocycles. The highest BCUT2D eigenvalue weighted by Crippen LogP contribution is 2.74. The first-order chi connectivity index (χ1) is 15.0. The van der Waals surface area contributed by atoms with Crippen LogP contribution in [0.1, 0.15) is 100 Å². The van der Waals surface area contributed by atoms with E-state index in [4.69, 9.17) is 0 Å². The molecule has 0 N–H and O–H groups in total. The Bertz CT molecular complexity index is 1000. The van der Waals surface area contributed by atoms with Gasteiger partial charge in [-0.1, -0.05) is 67.0 Å². The fourth-order valence-corrected chi connectivity index (χ4v) is 11.1. The van der Waals surface area contributed by atoms with Crippen molar-refractivity contribution in [2.45, 2.75) is 100 Å². The van der Waals surface area contributed by atoms with E-state index in [0.29, 0.717) is 22.5 Å². The Morgan fingerprint density at radius 3 is 2.18 bits per heavy atom. The van der Waals surface area contributed by atoms with Crippen LogP contribution in [-0.4, -0.2) is 11.6 Å². The molecule has 0 heterocycles. The minimum absolute atomic E-state index is 0.00361. The molecule has 0 spiro atoms. The molecule has 2 unspecified atom stereocenters. The van der Waals surface area contributed by atoms with Crippen LogP contribution in [0, 0.1) is 50.2 Å². The van der Waals surface area contributed by atoms with E-state index in [-0.39, 0.29) is 39.3 Å². The summed E-state index contributed by atoms with van der Waals surface area (Å²) in [7, 11) is 0. The standard InChI is InChI=1S/C30H43IO2/c1-25(2)11-12-27(5)13-14-30(8)23(18(27)16-25)20(32)15-22-28(6)17-19(31)24(33)26(3,4)21(28)9-10-29(22,30)7/h15,17-18,21,23H,9-14,16H2,1-8H3/t18?,21-,23?,27+,28-,29+,30+/m0/s1. The molecule has 3 fully saturated rings. The van der Waals surface area contributed by atoms with E-state index in [1.807, 2.05) is 0 Å². The Labute approximate surface area is 214 Å². The molecule has 5 rings (SSSR count). The summed E-state index contributed by atoms with van der Waals surface area (Å²) in [6.45, 7) is 18.9. The summed E-state index contributed by atoms with van der Waals surface area (Å²) in [5.41, 5.74) is 1.34. The number of halogens is 1. The van der Waals surface area contributed by atoms with E-state index in [2.05, 4.69) is 90.1 Å². The molecule has 0 bridgehead atoms. The second kappa shape index (κ2) is 6.85. The third kappa shape index (κ3) is 2.96. The third-order valence-corrected chi connectivity index (χ3v) is 12.9. The van der Waals surface area contributed by atoms with Gasteiger partial charge in [-0.25, -0.2) is 0 Å². The molecule has 33 heavy (non-hydrogen) atoms. The van der Waals surface area contributed by atoms with Gasteiger partial charge in [0.05, 0.1) is 3.58 Å². The maximum Gasteiger partial charge on any atom is 0.174 e. The molecule has 0 amide bonds. The van der Waals surface area contributed by atoms with Gasteiger partial charge in [0.25, 0.3) is 0 Å². The van der Waals surface area contributed by atoms with Gasteiger partial charge in [0, 0.05) is 16.7 Å². The number of ketones is 2. The summed E-state index contributed by atoms with van der Waals surface area (Å²) in [6.07, 6.45) is 12.6. The van der Waals surface area contributed by atoms with Crippen LogP contribution in [0.15, 0.2) is 21.3 Å². The topological polar surface area (TPSA) is 34.1 Å². The van der Waals surface area contributed by atoms with Gasteiger partial charge in [-0.15, -0.1) is 0 Å². The maximum absolute atomic E-state index is 14.2. The van der Waals surface area contributed by atoms with Crippen LogP contribution in [0.3, 0.4) is 0 Å². The highest BCUT2D eigenvalue weighted by atomic mass is 127. The number of rotatable bonds is 0. The second-order valence-electron chi connectivity index (χ2n) is 14.7. The van der Waals surface area contributed by atoms with Gasteiger partial charge >= 0.3 is 0 Å². The van der Waals surface area contributed by atoms with Crippen LogP contribution in [-0.2, 0) is 9.59 Å². The number of Topliss-reactive ketones (excluding diaryl/α,β-unsaturated/α-hetero) is 1. The normalized spacial score (nSPS) is 50.3. The van der Waals surface area contributed by atoms with E-state index < -0.39 is 0 Å². The van der Waals surface area contributed by atoms with Crippen molar-refractivity contribution >= 4 is 34.2 Å². The summed E-state index contributed by atoms with van der Waals surface area (Å²) in [4.78, 5) is 27.3. The van der Waals surface area contributed by atoms with Gasteiger partial charge in [0.15, 0.2) is 11.6 Å². The molecule has 182 valence electrons. The van der Waals surface area contributed by atoms with Crippen LogP contribution in [0.25, 0.3) is 0 Å². The predicted molar refractivity (Wildman–Crippen MR) is 143 cm³/mol. The Hall–Kier alpha value is -0.450. The lowest BCUT2D eigenvalue weighted by Crippen LogP contribution is -2.64. The summed E-state index contributed by atoms with van der Waals surface area (Å²) in [6, 6.07) is 0. The van der Waals surface area contributed by atoms with Crippen molar-refractivity contribution in [3.05, 3.63) is 21.3 Å². The van der Waals surface area contributed by atoms with Gasteiger partial charge in [0.1, 0.15) is 0 Å². The lowest BCUT2D eigenvalue weighted by molar-refractivity contribution is -0.168. The van der Waals surface area contributed by atoms with Gasteiger partial charge in [-0.05, 0) is 107 Å². The number of hydrogen-bond acceptors (Lipinski definition) is 2. The third-order valence-electron chi connectivity index (χ3n) is 12.1. The molecular formula is C30H43IO2. The number of carbonyl (C=O) groups is 2. The summed E-state index contributed by atoms with van der Waals surface area (Å²) >= 11 is 2.25. The zero-order valence-electron chi connectivity index (χ0n) is 22.0. The monoisotopic (exact) mass is 562 g/mol. The van der Waals surface area contributed by atoms with Crippen molar-refractivity contribution in [1.82, 2.24) is 0 Å². The van der Waals surface area contributed by atoms with Gasteiger partial charge in [-0.2, -0.15) is 0 Å². The molecule has 7 atom stereocenters. The van der Waals surface area contributed by atoms with E-state index in [1.54, 1.807) is 0 Å². The summed E-state index contributed by atoms with van der Waals surface area (Å²) in [5.74, 6) is 1.53. The van der Waals surface area contributed by atoms with Crippen molar-refractivity contribution in [1.29, 1.82) is 0 Å². The average molecular weight is 563 g/mol. The minimum Gasteiger partial charge on any atom is -0.295 e. The largest absolute Gasteiger partial charge is 0.295 e. The summed E-state index contributed by atoms with van der Waals surface area (Å²) in [5, 5.41) is 0. The second-order valence-corrected chi connectivity index (χ2v) is 15.9. The Kier molecular flexibility index (Phi) is 5.04. The van der Waals surface area contributed by atoms with Gasteiger partial charge < -0.3 is 0 Å². The number of carbonyl (C=O) groups excluding carboxylic acids is 2. The average Bonchev–Trinajstić information content (AvgIpc) is 2.69. The first-order valence-corrected chi connectivity index (χ1v) is 14.3. The quantitative estimate of drug-likeness (QED) is 0.280. The summed E-state index contributed by atoms with van der Waals surface area (Å²) < 4.78 is 0.853. The lowest BCUT2D eigenvalue weighted by Gasteiger charge is -2.69. The molecule has 0 saturated heterocycles. The smallest absolute Gasteiger partial charge is 0.174 e. The molecular weight excluding hydrogens is 519 g/mol. The van der Waals surface area contributed by atoms with Crippen molar-refractivity contribution in [2.75, 3.05) is 0 Å². The molecule has 0 aromatic rings. The highest BCUT2D eigenvalue weighted by Gasteiger charge is 2.69. The zero-order valence-corrected chi connectivity index (χ0v) is 24.2. The molecule has 5 aliphatic rings. The molecule has 0 radical (unpaired) electrons. The lowest BCUT2D eigenvalue weighted by atomic mass is 9.34. The van der Waals surface area contributed by atoms with Crippen LogP contribution in [0.4, 0.5) is 0 Å². The molecule has 3 saturated carbocycles. The molecule has 0 aliphatic heterocycles. The van der Waals surface area contributed by atoms with E-state index in [9.17, 15) is 9.59 Å². The van der Waals surface area contributed by atoms with E-state index in [1.165, 1.54) is 31.3 Å². The van der Waals surface area contributed by atoms with Crippen LogP contribution >= 0.6 is 22.6 Å². The molecule has 2 nitrogen and oxygen atoms in total.